The first-order valence-corrected chi connectivity index (χ1v) is 9.10. The van der Waals surface area contributed by atoms with Crippen LogP contribution in [0.15, 0.2) is 44.4 Å². The van der Waals surface area contributed by atoms with Crippen molar-refractivity contribution in [2.45, 2.75) is 4.21 Å². The summed E-state index contributed by atoms with van der Waals surface area (Å²) in [5.41, 5.74) is 0. The van der Waals surface area contributed by atoms with Gasteiger partial charge in [0.2, 0.25) is 0 Å². The number of thiophene rings is 1. The van der Waals surface area contributed by atoms with Crippen molar-refractivity contribution in [3.63, 3.8) is 0 Å². The number of benzene rings is 1. The molecule has 0 unspecified atom stereocenters. The maximum Gasteiger partial charge on any atom is 0.253 e. The number of nitrogens with zero attached hydrogens (tertiary/aromatic N) is 1. The van der Waals surface area contributed by atoms with Crippen molar-refractivity contribution in [1.82, 2.24) is 4.31 Å². The van der Waals surface area contributed by atoms with Crippen LogP contribution >= 0.6 is 27.3 Å². The fraction of sp³-hybridized carbons (Fsp3) is 0.231. The molecule has 4 nitrogen and oxygen atoms in total. The predicted octanol–water partition coefficient (Wildman–Crippen LogP) is 3.35. The van der Waals surface area contributed by atoms with E-state index in [1.165, 1.54) is 29.6 Å². The van der Waals surface area contributed by atoms with Crippen LogP contribution in [0.3, 0.4) is 0 Å². The van der Waals surface area contributed by atoms with Crippen LogP contribution in [-0.4, -0.2) is 32.9 Å². The van der Waals surface area contributed by atoms with Gasteiger partial charge in [-0.2, -0.15) is 4.31 Å². The average Bonchev–Trinajstić information content (AvgIpc) is 2.85. The molecule has 2 aromatic rings. The first-order valence-electron chi connectivity index (χ1n) is 5.99. The maximum absolute atomic E-state index is 13.0. The van der Waals surface area contributed by atoms with E-state index in [9.17, 15) is 12.8 Å². The summed E-state index contributed by atoms with van der Waals surface area (Å²) in [4.78, 5) is 0. The fourth-order valence-corrected chi connectivity index (χ4v) is 5.23. The highest BCUT2D eigenvalue weighted by Crippen LogP contribution is 2.29. The lowest BCUT2D eigenvalue weighted by Gasteiger charge is -2.16. The average molecular weight is 394 g/mol. The lowest BCUT2D eigenvalue weighted by molar-refractivity contribution is 0.286. The molecule has 1 heterocycles. The second-order valence-corrected chi connectivity index (χ2v) is 8.20. The van der Waals surface area contributed by atoms with Gasteiger partial charge in [0.1, 0.15) is 22.4 Å². The topological polar surface area (TPSA) is 46.6 Å². The largest absolute Gasteiger partial charge is 0.492 e. The third-order valence-corrected chi connectivity index (χ3v) is 7.20. The quantitative estimate of drug-likeness (QED) is 0.755. The van der Waals surface area contributed by atoms with Crippen LogP contribution in [0.1, 0.15) is 0 Å². The second-order valence-electron chi connectivity index (χ2n) is 4.19. The van der Waals surface area contributed by atoms with Crippen molar-refractivity contribution in [2.75, 3.05) is 20.2 Å². The number of ether oxygens (including phenoxy) is 1. The van der Waals surface area contributed by atoms with Crippen molar-refractivity contribution < 1.29 is 17.5 Å². The third kappa shape index (κ3) is 4.03. The van der Waals surface area contributed by atoms with Crippen LogP contribution in [0.4, 0.5) is 4.39 Å². The summed E-state index contributed by atoms with van der Waals surface area (Å²) >= 11 is 4.36. The van der Waals surface area contributed by atoms with Crippen LogP contribution < -0.4 is 4.74 Å². The van der Waals surface area contributed by atoms with E-state index in [1.54, 1.807) is 17.5 Å². The summed E-state index contributed by atoms with van der Waals surface area (Å²) in [6, 6.07) is 7.41. The van der Waals surface area contributed by atoms with Crippen molar-refractivity contribution in [3.05, 3.63) is 46.0 Å². The summed E-state index contributed by atoms with van der Waals surface area (Å²) < 4.78 is 44.9. The van der Waals surface area contributed by atoms with Gasteiger partial charge in [-0.15, -0.1) is 11.3 Å². The normalized spacial score (nSPS) is 11.8. The lowest BCUT2D eigenvalue weighted by atomic mass is 10.3. The van der Waals surface area contributed by atoms with Crippen LogP contribution in [0.25, 0.3) is 0 Å². The van der Waals surface area contributed by atoms with Gasteiger partial charge in [0.25, 0.3) is 10.0 Å². The van der Waals surface area contributed by atoms with E-state index in [1.807, 2.05) is 0 Å². The minimum absolute atomic E-state index is 0.141. The highest BCUT2D eigenvalue weighted by Gasteiger charge is 2.24. The fourth-order valence-electron chi connectivity index (χ4n) is 1.57. The standard InChI is InChI=1S/C13H13BrFNO3S2/c1-16(21(17,18)13-12(14)5-8-20-13)6-7-19-11-4-2-3-10(15)9-11/h2-5,8-9H,6-7H2,1H3. The first-order chi connectivity index (χ1) is 9.91. The predicted molar refractivity (Wildman–Crippen MR) is 83.7 cm³/mol. The molecule has 2 rings (SSSR count). The van der Waals surface area contributed by atoms with Gasteiger partial charge in [-0.05, 0) is 39.5 Å². The molecule has 1 aromatic carbocycles. The first kappa shape index (κ1) is 16.4. The highest BCUT2D eigenvalue weighted by atomic mass is 79.9. The van der Waals surface area contributed by atoms with E-state index in [2.05, 4.69) is 15.9 Å². The smallest absolute Gasteiger partial charge is 0.253 e. The van der Waals surface area contributed by atoms with Crippen LogP contribution in [0.2, 0.25) is 0 Å². The highest BCUT2D eigenvalue weighted by molar-refractivity contribution is 9.10. The third-order valence-electron chi connectivity index (χ3n) is 2.70. The molecule has 0 atom stereocenters. The summed E-state index contributed by atoms with van der Waals surface area (Å²) in [7, 11) is -2.06. The molecule has 1 aromatic heterocycles. The van der Waals surface area contributed by atoms with Gasteiger partial charge in [-0.25, -0.2) is 12.8 Å². The Balaban J connectivity index is 1.96. The van der Waals surface area contributed by atoms with E-state index >= 15 is 0 Å². The van der Waals surface area contributed by atoms with Gasteiger partial charge in [-0.3, -0.25) is 0 Å². The molecule has 114 valence electrons. The van der Waals surface area contributed by atoms with Crippen LogP contribution in [0.5, 0.6) is 5.75 Å². The number of sulfonamides is 1. The Labute approximate surface area is 135 Å². The van der Waals surface area contributed by atoms with E-state index in [4.69, 9.17) is 4.74 Å². The lowest BCUT2D eigenvalue weighted by Crippen LogP contribution is -2.30. The summed E-state index contributed by atoms with van der Waals surface area (Å²) in [5.74, 6) is -0.0194. The maximum atomic E-state index is 13.0. The van der Waals surface area contributed by atoms with Gasteiger partial charge in [-0.1, -0.05) is 6.07 Å². The Morgan fingerprint density at radius 2 is 2.14 bits per heavy atom. The zero-order valence-corrected chi connectivity index (χ0v) is 14.3. The Hall–Kier alpha value is -0.960. The number of hydrogen-bond donors (Lipinski definition) is 0. The monoisotopic (exact) mass is 393 g/mol. The number of rotatable bonds is 6. The van der Waals surface area contributed by atoms with Crippen molar-refractivity contribution in [2.24, 2.45) is 0 Å². The molecule has 0 saturated heterocycles. The zero-order valence-electron chi connectivity index (χ0n) is 11.1. The van der Waals surface area contributed by atoms with Crippen molar-refractivity contribution in [1.29, 1.82) is 0 Å². The molecule has 0 bridgehead atoms. The van der Waals surface area contributed by atoms with Crippen LogP contribution in [-0.2, 0) is 10.0 Å². The minimum Gasteiger partial charge on any atom is -0.492 e. The zero-order chi connectivity index (χ0) is 15.5. The Morgan fingerprint density at radius 1 is 1.38 bits per heavy atom. The molecule has 0 saturated carbocycles. The van der Waals surface area contributed by atoms with E-state index in [0.717, 1.165) is 11.3 Å². The SMILES string of the molecule is CN(CCOc1cccc(F)c1)S(=O)(=O)c1sccc1Br. The Kier molecular flexibility index (Phi) is 5.37. The van der Waals surface area contributed by atoms with Crippen molar-refractivity contribution >= 4 is 37.3 Å². The summed E-state index contributed by atoms with van der Waals surface area (Å²) in [6.45, 7) is 0.311. The van der Waals surface area contributed by atoms with Gasteiger partial charge in [0, 0.05) is 24.1 Å². The molecule has 8 heteroatoms. The number of halogens is 2. The molecule has 21 heavy (non-hydrogen) atoms. The van der Waals surface area contributed by atoms with Gasteiger partial charge >= 0.3 is 0 Å². The molecular weight excluding hydrogens is 381 g/mol. The van der Waals surface area contributed by atoms with Crippen LogP contribution in [0, 0.1) is 5.82 Å². The number of likely N-dealkylation sites (N-methyl/N-ethyl adjacent to an activating group) is 1. The molecule has 0 radical (unpaired) electrons. The summed E-state index contributed by atoms with van der Waals surface area (Å²) in [6.07, 6.45) is 0. The number of hydrogen-bond acceptors (Lipinski definition) is 4. The molecule has 0 aliphatic carbocycles. The molecular formula is C13H13BrFNO3S2. The molecule has 0 aliphatic heterocycles. The van der Waals surface area contributed by atoms with Gasteiger partial charge in [0.05, 0.1) is 0 Å². The van der Waals surface area contributed by atoms with E-state index < -0.39 is 15.8 Å². The van der Waals surface area contributed by atoms with E-state index in [-0.39, 0.29) is 17.4 Å². The molecule has 0 fully saturated rings. The summed E-state index contributed by atoms with van der Waals surface area (Å²) in [5, 5.41) is 1.70. The second kappa shape index (κ2) is 6.87. The Morgan fingerprint density at radius 3 is 2.76 bits per heavy atom. The van der Waals surface area contributed by atoms with E-state index in [0.29, 0.717) is 10.2 Å². The van der Waals surface area contributed by atoms with Gasteiger partial charge < -0.3 is 4.74 Å². The minimum atomic E-state index is -3.54. The van der Waals surface area contributed by atoms with Gasteiger partial charge in [0.15, 0.2) is 0 Å². The molecule has 0 amide bonds. The molecule has 0 spiro atoms. The molecule has 0 N–H and O–H groups in total. The van der Waals surface area contributed by atoms with Crippen molar-refractivity contribution in [3.8, 4) is 5.75 Å². The molecule has 0 aliphatic rings. The Bertz CT molecular complexity index is 718.